The normalized spacial score (nSPS) is 14.0. The summed E-state index contributed by atoms with van der Waals surface area (Å²) in [5.74, 6) is -0.0928. The summed E-state index contributed by atoms with van der Waals surface area (Å²) < 4.78 is 0. The van der Waals surface area contributed by atoms with Crippen molar-refractivity contribution in [2.24, 2.45) is 0 Å². The van der Waals surface area contributed by atoms with Gasteiger partial charge in [0.1, 0.15) is 0 Å². The minimum atomic E-state index is -0.0928. The summed E-state index contributed by atoms with van der Waals surface area (Å²) in [5, 5.41) is 1.91. The fourth-order valence-corrected chi connectivity index (χ4v) is 2.62. The van der Waals surface area contributed by atoms with Gasteiger partial charge in [0.05, 0.1) is 6.57 Å². The monoisotopic (exact) mass is 291 g/mol. The Kier molecular flexibility index (Phi) is 3.90. The number of rotatable bonds is 2. The van der Waals surface area contributed by atoms with Crippen molar-refractivity contribution in [3.63, 3.8) is 0 Å². The maximum atomic E-state index is 12.3. The Balaban J connectivity index is 1.71. The van der Waals surface area contributed by atoms with Gasteiger partial charge in [0.2, 0.25) is 0 Å². The molecule has 1 aliphatic heterocycles. The highest BCUT2D eigenvalue weighted by atomic mass is 16.2. The van der Waals surface area contributed by atoms with E-state index in [-0.39, 0.29) is 5.91 Å². The van der Waals surface area contributed by atoms with Crippen molar-refractivity contribution in [2.45, 2.75) is 19.9 Å². The first kappa shape index (κ1) is 14.3. The number of aryl methyl sites for hydroxylation is 1. The molecule has 3 rings (SSSR count). The summed E-state index contributed by atoms with van der Waals surface area (Å²) in [6, 6.07) is 13.3. The second-order valence-electron chi connectivity index (χ2n) is 5.54. The summed E-state index contributed by atoms with van der Waals surface area (Å²) in [7, 11) is 0. The number of nitrogens with one attached hydrogen (secondary N) is 1. The molecule has 0 radical (unpaired) electrons. The Morgan fingerprint density at radius 3 is 2.68 bits per heavy atom. The largest absolute Gasteiger partial charge is 0.284 e. The quantitative estimate of drug-likeness (QED) is 0.862. The molecule has 0 saturated heterocycles. The molecular weight excluding hydrogens is 274 g/mol. The number of carbonyl (C=O) groups is 1. The van der Waals surface area contributed by atoms with Crippen molar-refractivity contribution < 1.29 is 4.79 Å². The molecule has 4 heteroatoms. The first-order valence-electron chi connectivity index (χ1n) is 7.27. The lowest BCUT2D eigenvalue weighted by Crippen LogP contribution is -2.44. The molecule has 0 aliphatic carbocycles. The van der Waals surface area contributed by atoms with Gasteiger partial charge in [0, 0.05) is 18.7 Å². The molecule has 0 spiro atoms. The van der Waals surface area contributed by atoms with E-state index in [9.17, 15) is 4.79 Å². The lowest BCUT2D eigenvalue weighted by atomic mass is 10.00. The molecule has 0 aromatic heterocycles. The van der Waals surface area contributed by atoms with E-state index in [4.69, 9.17) is 6.57 Å². The van der Waals surface area contributed by atoms with Gasteiger partial charge in [-0.05, 0) is 36.6 Å². The molecule has 0 atom stereocenters. The van der Waals surface area contributed by atoms with Crippen LogP contribution in [0, 0.1) is 13.5 Å². The third-order valence-corrected chi connectivity index (χ3v) is 3.90. The first-order valence-corrected chi connectivity index (χ1v) is 7.27. The van der Waals surface area contributed by atoms with E-state index >= 15 is 0 Å². The molecule has 22 heavy (non-hydrogen) atoms. The minimum Gasteiger partial charge on any atom is -0.284 e. The average molecular weight is 291 g/mol. The fraction of sp³-hybridized carbons (Fsp3) is 0.222. The number of hydrazine groups is 1. The Bertz CT molecular complexity index is 744. The fourth-order valence-electron chi connectivity index (χ4n) is 2.62. The Hall–Kier alpha value is -2.64. The molecule has 0 bridgehead atoms. The third-order valence-electron chi connectivity index (χ3n) is 3.90. The Morgan fingerprint density at radius 2 is 1.95 bits per heavy atom. The highest BCUT2D eigenvalue weighted by molar-refractivity contribution is 5.93. The molecule has 0 fully saturated rings. The van der Waals surface area contributed by atoms with Crippen LogP contribution < -0.4 is 5.43 Å². The van der Waals surface area contributed by atoms with Gasteiger partial charge in [0.15, 0.2) is 5.69 Å². The highest BCUT2D eigenvalue weighted by Gasteiger charge is 2.18. The van der Waals surface area contributed by atoms with Gasteiger partial charge < -0.3 is 0 Å². The Morgan fingerprint density at radius 1 is 1.18 bits per heavy atom. The van der Waals surface area contributed by atoms with Crippen molar-refractivity contribution in [1.82, 2.24) is 10.4 Å². The molecular formula is C18H17N3O. The van der Waals surface area contributed by atoms with Crippen LogP contribution in [0.3, 0.4) is 0 Å². The predicted octanol–water partition coefficient (Wildman–Crippen LogP) is 3.25. The molecule has 0 saturated carbocycles. The zero-order chi connectivity index (χ0) is 15.5. The van der Waals surface area contributed by atoms with Crippen LogP contribution in [0.1, 0.15) is 27.0 Å². The van der Waals surface area contributed by atoms with E-state index in [1.807, 2.05) is 54.4 Å². The number of amides is 1. The van der Waals surface area contributed by atoms with Gasteiger partial charge in [-0.15, -0.1) is 0 Å². The van der Waals surface area contributed by atoms with Crippen LogP contribution in [0.2, 0.25) is 0 Å². The zero-order valence-corrected chi connectivity index (χ0v) is 12.5. The molecule has 4 nitrogen and oxygen atoms in total. The minimum absolute atomic E-state index is 0.0928. The van der Waals surface area contributed by atoms with Gasteiger partial charge >= 0.3 is 0 Å². The predicted molar refractivity (Wildman–Crippen MR) is 85.5 cm³/mol. The van der Waals surface area contributed by atoms with E-state index in [0.29, 0.717) is 17.8 Å². The highest BCUT2D eigenvalue weighted by Crippen LogP contribution is 2.23. The third kappa shape index (κ3) is 3.00. The van der Waals surface area contributed by atoms with Gasteiger partial charge in [-0.25, -0.2) is 9.85 Å². The second-order valence-corrected chi connectivity index (χ2v) is 5.54. The first-order chi connectivity index (χ1) is 10.7. The Labute approximate surface area is 130 Å². The smallest absolute Gasteiger partial charge is 0.265 e. The van der Waals surface area contributed by atoms with E-state index < -0.39 is 0 Å². The molecule has 2 aromatic carbocycles. The molecule has 0 unspecified atom stereocenters. The summed E-state index contributed by atoms with van der Waals surface area (Å²) in [5.41, 5.74) is 7.76. The molecule has 1 N–H and O–H groups in total. The molecule has 1 heterocycles. The SMILES string of the molecule is [C-]#[N+]c1ccc2c(c1)CN(NC(=O)c1ccc(C)cc1)CC2. The second kappa shape index (κ2) is 6.00. The van der Waals surface area contributed by atoms with Crippen molar-refractivity contribution in [3.05, 3.63) is 76.1 Å². The summed E-state index contributed by atoms with van der Waals surface area (Å²) in [4.78, 5) is 15.7. The zero-order valence-electron chi connectivity index (χ0n) is 12.5. The van der Waals surface area contributed by atoms with Crippen LogP contribution in [0.15, 0.2) is 42.5 Å². The number of benzene rings is 2. The van der Waals surface area contributed by atoms with Crippen LogP contribution in [-0.2, 0) is 13.0 Å². The lowest BCUT2D eigenvalue weighted by molar-refractivity contribution is 0.0764. The van der Waals surface area contributed by atoms with Crippen molar-refractivity contribution in [3.8, 4) is 0 Å². The van der Waals surface area contributed by atoms with Gasteiger partial charge in [0.25, 0.3) is 5.91 Å². The summed E-state index contributed by atoms with van der Waals surface area (Å²) >= 11 is 0. The van der Waals surface area contributed by atoms with Crippen molar-refractivity contribution in [2.75, 3.05) is 6.54 Å². The van der Waals surface area contributed by atoms with Gasteiger partial charge in [-0.1, -0.05) is 35.9 Å². The molecule has 1 aliphatic rings. The van der Waals surface area contributed by atoms with E-state index in [2.05, 4.69) is 10.3 Å². The number of carbonyl (C=O) groups excluding carboxylic acids is 1. The van der Waals surface area contributed by atoms with Gasteiger partial charge in [-0.2, -0.15) is 0 Å². The van der Waals surface area contributed by atoms with Crippen molar-refractivity contribution >= 4 is 11.6 Å². The molecule has 110 valence electrons. The van der Waals surface area contributed by atoms with Crippen molar-refractivity contribution in [1.29, 1.82) is 0 Å². The molecule has 2 aromatic rings. The molecule has 1 amide bonds. The maximum Gasteiger partial charge on any atom is 0.265 e. The van der Waals surface area contributed by atoms with Crippen LogP contribution in [0.4, 0.5) is 5.69 Å². The van der Waals surface area contributed by atoms with Crippen LogP contribution >= 0.6 is 0 Å². The number of nitrogens with zero attached hydrogens (tertiary/aromatic N) is 2. The summed E-state index contributed by atoms with van der Waals surface area (Å²) in [6.45, 7) is 10.5. The lowest BCUT2D eigenvalue weighted by Gasteiger charge is -2.29. The van der Waals surface area contributed by atoms with Gasteiger partial charge in [-0.3, -0.25) is 10.2 Å². The maximum absolute atomic E-state index is 12.3. The number of hydrogen-bond acceptors (Lipinski definition) is 2. The van der Waals surface area contributed by atoms with E-state index in [1.165, 1.54) is 5.56 Å². The van der Waals surface area contributed by atoms with Crippen LogP contribution in [-0.4, -0.2) is 17.5 Å². The topological polar surface area (TPSA) is 36.7 Å². The summed E-state index contributed by atoms with van der Waals surface area (Å²) in [6.07, 6.45) is 0.877. The van der Waals surface area contributed by atoms with Crippen LogP contribution in [0.5, 0.6) is 0 Å². The van der Waals surface area contributed by atoms with E-state index in [1.54, 1.807) is 0 Å². The van der Waals surface area contributed by atoms with Crippen LogP contribution in [0.25, 0.3) is 4.85 Å². The number of hydrogen-bond donors (Lipinski definition) is 1. The van der Waals surface area contributed by atoms with E-state index in [0.717, 1.165) is 24.1 Å². The standard InChI is InChI=1S/C18H17N3O/c1-13-3-5-15(6-4-13)18(22)20-21-10-9-14-7-8-17(19-2)11-16(14)12-21/h3-8,11H,9-10,12H2,1H3,(H,20,22). The number of fused-ring (bicyclic) bond motifs is 1. The average Bonchev–Trinajstić information content (AvgIpc) is 2.54.